The highest BCUT2D eigenvalue weighted by atomic mass is 32.1. The Labute approximate surface area is 126 Å². The van der Waals surface area contributed by atoms with Crippen LogP contribution in [-0.4, -0.2) is 41.8 Å². The summed E-state index contributed by atoms with van der Waals surface area (Å²) >= 11 is 1.24. The van der Waals surface area contributed by atoms with Crippen molar-refractivity contribution < 1.29 is 14.4 Å². The molecule has 0 radical (unpaired) electrons. The fraction of sp³-hybridized carbons (Fsp3) is 0.357. The van der Waals surface area contributed by atoms with Crippen LogP contribution in [0.3, 0.4) is 0 Å². The number of carbonyl (C=O) groups excluding carboxylic acids is 3. The molecular formula is C14H15N3O3S. The van der Waals surface area contributed by atoms with Crippen LogP contribution in [0.25, 0.3) is 0 Å². The van der Waals surface area contributed by atoms with Gasteiger partial charge in [0.05, 0.1) is 6.54 Å². The van der Waals surface area contributed by atoms with Gasteiger partial charge in [0.1, 0.15) is 17.5 Å². The lowest BCUT2D eigenvalue weighted by Crippen LogP contribution is -2.59. The molecule has 0 spiro atoms. The van der Waals surface area contributed by atoms with Crippen LogP contribution in [0, 0.1) is 11.8 Å². The Kier molecular flexibility index (Phi) is 4.73. The molecule has 1 aliphatic rings. The van der Waals surface area contributed by atoms with Gasteiger partial charge in [-0.25, -0.2) is 0 Å². The fourth-order valence-corrected chi connectivity index (χ4v) is 2.94. The van der Waals surface area contributed by atoms with Gasteiger partial charge in [-0.2, -0.15) is 0 Å². The van der Waals surface area contributed by atoms with Crippen LogP contribution in [0.2, 0.25) is 0 Å². The maximum absolute atomic E-state index is 12.6. The van der Waals surface area contributed by atoms with E-state index in [1.807, 2.05) is 0 Å². The second-order valence-corrected chi connectivity index (χ2v) is 5.35. The van der Waals surface area contributed by atoms with Gasteiger partial charge in [0, 0.05) is 5.56 Å². The molecule has 2 rings (SSSR count). The van der Waals surface area contributed by atoms with Crippen molar-refractivity contribution in [1.82, 2.24) is 10.2 Å². The molecule has 1 fully saturated rings. The first-order valence-corrected chi connectivity index (χ1v) is 7.37. The number of hydrogen-bond donors (Lipinski definition) is 2. The number of carbonyl (C=O) groups is 3. The molecular weight excluding hydrogens is 290 g/mol. The molecule has 1 aromatic rings. The van der Waals surface area contributed by atoms with Crippen molar-refractivity contribution in [1.29, 1.82) is 0 Å². The van der Waals surface area contributed by atoms with Gasteiger partial charge >= 0.3 is 0 Å². The van der Waals surface area contributed by atoms with E-state index in [1.54, 1.807) is 18.4 Å². The van der Waals surface area contributed by atoms with E-state index in [0.29, 0.717) is 16.9 Å². The summed E-state index contributed by atoms with van der Waals surface area (Å²) in [6, 6.07) is 1.10. The Bertz CT molecular complexity index is 641. The van der Waals surface area contributed by atoms with E-state index in [-0.39, 0.29) is 19.0 Å². The third kappa shape index (κ3) is 3.12. The van der Waals surface area contributed by atoms with E-state index in [4.69, 9.17) is 5.73 Å². The molecule has 2 heterocycles. The first-order valence-electron chi connectivity index (χ1n) is 6.49. The molecule has 3 amide bonds. The average Bonchev–Trinajstić information content (AvgIpc) is 2.91. The zero-order valence-corrected chi connectivity index (χ0v) is 12.3. The summed E-state index contributed by atoms with van der Waals surface area (Å²) in [7, 11) is 0. The summed E-state index contributed by atoms with van der Waals surface area (Å²) in [5.74, 6) is 4.28. The van der Waals surface area contributed by atoms with Gasteiger partial charge in [-0.3, -0.25) is 19.7 Å². The van der Waals surface area contributed by atoms with Crippen LogP contribution in [0.5, 0.6) is 0 Å². The van der Waals surface area contributed by atoms with Gasteiger partial charge in [-0.05, 0) is 17.9 Å². The standard InChI is InChI=1S/C14H15N3O3S/c1-2-10-13(19)16-11(18)8-17(10)14(20)12-9(4-3-6-15)5-7-21-12/h5,7,10H,2,6,8,15H2,1H3,(H,16,18,19). The van der Waals surface area contributed by atoms with Crippen molar-refractivity contribution in [3.8, 4) is 11.8 Å². The van der Waals surface area contributed by atoms with Gasteiger partial charge in [-0.1, -0.05) is 18.8 Å². The summed E-state index contributed by atoms with van der Waals surface area (Å²) in [6.45, 7) is 1.88. The molecule has 3 N–H and O–H groups in total. The minimum atomic E-state index is -0.632. The second-order valence-electron chi connectivity index (χ2n) is 4.44. The van der Waals surface area contributed by atoms with E-state index in [2.05, 4.69) is 17.2 Å². The normalized spacial score (nSPS) is 18.0. The molecule has 0 aliphatic carbocycles. The van der Waals surface area contributed by atoms with Crippen LogP contribution >= 0.6 is 11.3 Å². The van der Waals surface area contributed by atoms with E-state index in [9.17, 15) is 14.4 Å². The molecule has 110 valence electrons. The number of hydrogen-bond acceptors (Lipinski definition) is 5. The lowest BCUT2D eigenvalue weighted by Gasteiger charge is -2.33. The molecule has 1 aliphatic heterocycles. The van der Waals surface area contributed by atoms with E-state index >= 15 is 0 Å². The SMILES string of the molecule is CCC1C(=O)NC(=O)CN1C(=O)c1sccc1C#CCN. The summed E-state index contributed by atoms with van der Waals surface area (Å²) in [5.41, 5.74) is 5.90. The quantitative estimate of drug-likeness (QED) is 0.591. The maximum Gasteiger partial charge on any atom is 0.266 e. The Morgan fingerprint density at radius 2 is 2.33 bits per heavy atom. The largest absolute Gasteiger partial charge is 0.320 e. The fourth-order valence-electron chi connectivity index (χ4n) is 2.14. The first-order chi connectivity index (χ1) is 10.1. The lowest BCUT2D eigenvalue weighted by molar-refractivity contribution is -0.138. The van der Waals surface area contributed by atoms with Crippen LogP contribution in [-0.2, 0) is 9.59 Å². The zero-order valence-electron chi connectivity index (χ0n) is 11.5. The summed E-state index contributed by atoms with van der Waals surface area (Å²) < 4.78 is 0. The number of nitrogens with two attached hydrogens (primary N) is 1. The van der Waals surface area contributed by atoms with Crippen molar-refractivity contribution in [2.24, 2.45) is 5.73 Å². The molecule has 1 saturated heterocycles. The van der Waals surface area contributed by atoms with Crippen molar-refractivity contribution in [2.75, 3.05) is 13.1 Å². The Morgan fingerprint density at radius 3 is 3.00 bits per heavy atom. The molecule has 0 bridgehead atoms. The summed E-state index contributed by atoms with van der Waals surface area (Å²) in [6.07, 6.45) is 0.444. The van der Waals surface area contributed by atoms with Crippen molar-refractivity contribution in [2.45, 2.75) is 19.4 Å². The number of piperazine rings is 1. The van der Waals surface area contributed by atoms with Crippen LogP contribution in [0.1, 0.15) is 28.6 Å². The van der Waals surface area contributed by atoms with Gasteiger partial charge in [0.2, 0.25) is 11.8 Å². The van der Waals surface area contributed by atoms with Gasteiger partial charge in [0.15, 0.2) is 0 Å². The molecule has 0 saturated carbocycles. The van der Waals surface area contributed by atoms with Crippen LogP contribution in [0.4, 0.5) is 0 Å². The highest BCUT2D eigenvalue weighted by Crippen LogP contribution is 2.21. The Hall–Kier alpha value is -2.17. The van der Waals surface area contributed by atoms with Gasteiger partial charge < -0.3 is 10.6 Å². The number of nitrogens with zero attached hydrogens (tertiary/aromatic N) is 1. The van der Waals surface area contributed by atoms with E-state index in [1.165, 1.54) is 16.2 Å². The smallest absolute Gasteiger partial charge is 0.266 e. The van der Waals surface area contributed by atoms with Gasteiger partial charge in [0.25, 0.3) is 5.91 Å². The number of thiophene rings is 1. The van der Waals surface area contributed by atoms with Crippen molar-refractivity contribution >= 4 is 29.1 Å². The Morgan fingerprint density at radius 1 is 1.57 bits per heavy atom. The molecule has 1 aromatic heterocycles. The third-order valence-corrected chi connectivity index (χ3v) is 3.99. The van der Waals surface area contributed by atoms with E-state index in [0.717, 1.165) is 0 Å². The zero-order chi connectivity index (χ0) is 15.4. The second kappa shape index (κ2) is 6.52. The minimum Gasteiger partial charge on any atom is -0.320 e. The molecule has 1 unspecified atom stereocenters. The number of imide groups is 1. The Balaban J connectivity index is 2.32. The number of amides is 3. The molecule has 7 heteroatoms. The van der Waals surface area contributed by atoms with Crippen molar-refractivity contribution in [3.63, 3.8) is 0 Å². The summed E-state index contributed by atoms with van der Waals surface area (Å²) in [4.78, 5) is 37.7. The molecule has 1 atom stereocenters. The monoisotopic (exact) mass is 305 g/mol. The van der Waals surface area contributed by atoms with Crippen molar-refractivity contribution in [3.05, 3.63) is 21.9 Å². The van der Waals surface area contributed by atoms with Gasteiger partial charge in [-0.15, -0.1) is 11.3 Å². The number of rotatable bonds is 2. The van der Waals surface area contributed by atoms with Crippen LogP contribution in [0.15, 0.2) is 11.4 Å². The first kappa shape index (κ1) is 15.2. The maximum atomic E-state index is 12.6. The highest BCUT2D eigenvalue weighted by Gasteiger charge is 2.36. The lowest BCUT2D eigenvalue weighted by atomic mass is 10.1. The number of nitrogens with one attached hydrogen (secondary N) is 1. The molecule has 0 aromatic carbocycles. The summed E-state index contributed by atoms with van der Waals surface area (Å²) in [5, 5.41) is 4.00. The average molecular weight is 305 g/mol. The predicted molar refractivity (Wildman–Crippen MR) is 78.5 cm³/mol. The minimum absolute atomic E-state index is 0.120. The predicted octanol–water partition coefficient (Wildman–Crippen LogP) is -0.0645. The molecule has 6 nitrogen and oxygen atoms in total. The highest BCUT2D eigenvalue weighted by molar-refractivity contribution is 7.12. The van der Waals surface area contributed by atoms with E-state index < -0.39 is 17.9 Å². The third-order valence-electron chi connectivity index (χ3n) is 3.09. The topological polar surface area (TPSA) is 92.5 Å². The molecule has 21 heavy (non-hydrogen) atoms. The van der Waals surface area contributed by atoms with Crippen LogP contribution < -0.4 is 11.1 Å².